The summed E-state index contributed by atoms with van der Waals surface area (Å²) in [6.07, 6.45) is 78.6. The number of unbranched alkanes of at least 4 members (excludes halogenated alkanes) is 41. The summed E-state index contributed by atoms with van der Waals surface area (Å²) in [4.78, 5) is 38.1. The van der Waals surface area contributed by atoms with Gasteiger partial charge in [-0.05, 0) is 57.8 Å². The van der Waals surface area contributed by atoms with E-state index in [2.05, 4.69) is 69.4 Å². The fourth-order valence-corrected chi connectivity index (χ4v) is 9.73. The molecular formula is C68H124O6. The molecule has 1 atom stereocenters. The number of carbonyl (C=O) groups excluding carboxylic acids is 3. The van der Waals surface area contributed by atoms with Gasteiger partial charge in [-0.2, -0.15) is 0 Å². The molecule has 0 aromatic rings. The molecule has 0 N–H and O–H groups in total. The summed E-state index contributed by atoms with van der Waals surface area (Å²) in [6, 6.07) is 0. The van der Waals surface area contributed by atoms with E-state index in [-0.39, 0.29) is 31.1 Å². The second-order valence-electron chi connectivity index (χ2n) is 22.0. The van der Waals surface area contributed by atoms with Crippen molar-refractivity contribution in [3.8, 4) is 0 Å². The molecule has 0 radical (unpaired) electrons. The van der Waals surface area contributed by atoms with Gasteiger partial charge in [0.05, 0.1) is 0 Å². The van der Waals surface area contributed by atoms with Gasteiger partial charge >= 0.3 is 17.9 Å². The summed E-state index contributed by atoms with van der Waals surface area (Å²) in [5.74, 6) is -0.844. The SMILES string of the molecule is CC/C=C\C/C=C\C/C=C\C/C=C\CCCCCCCCCCCCCCCCCCCCCCC(=O)OCC(COC(=O)CCCCCCCCCCCCC)OC(=O)CCCCCCCCCCCCCC. The first-order valence-corrected chi connectivity index (χ1v) is 32.6. The zero-order valence-corrected chi connectivity index (χ0v) is 49.6. The van der Waals surface area contributed by atoms with Crippen LogP contribution < -0.4 is 0 Å². The zero-order chi connectivity index (χ0) is 53.6. The van der Waals surface area contributed by atoms with Crippen LogP contribution in [-0.2, 0) is 28.6 Å². The Kier molecular flexibility index (Phi) is 60.7. The van der Waals surface area contributed by atoms with Crippen LogP contribution in [0.4, 0.5) is 0 Å². The fourth-order valence-electron chi connectivity index (χ4n) is 9.73. The number of hydrogen-bond donors (Lipinski definition) is 0. The maximum absolute atomic E-state index is 12.8. The normalized spacial score (nSPS) is 12.3. The number of rotatable bonds is 60. The number of carbonyl (C=O) groups is 3. The molecule has 6 heteroatoms. The van der Waals surface area contributed by atoms with Crippen molar-refractivity contribution < 1.29 is 28.6 Å². The fraction of sp³-hybridized carbons (Fsp3) is 0.838. The van der Waals surface area contributed by atoms with Gasteiger partial charge in [0, 0.05) is 19.3 Å². The lowest BCUT2D eigenvalue weighted by atomic mass is 10.0. The van der Waals surface area contributed by atoms with Crippen LogP contribution in [0.15, 0.2) is 48.6 Å². The number of ether oxygens (including phenoxy) is 3. The topological polar surface area (TPSA) is 78.9 Å². The van der Waals surface area contributed by atoms with E-state index in [4.69, 9.17) is 14.2 Å². The largest absolute Gasteiger partial charge is 0.462 e. The molecule has 6 nitrogen and oxygen atoms in total. The minimum atomic E-state index is -0.765. The lowest BCUT2D eigenvalue weighted by Crippen LogP contribution is -2.30. The van der Waals surface area contributed by atoms with Gasteiger partial charge in [0.1, 0.15) is 13.2 Å². The molecule has 0 aliphatic heterocycles. The summed E-state index contributed by atoms with van der Waals surface area (Å²) >= 11 is 0. The molecule has 74 heavy (non-hydrogen) atoms. The molecule has 0 saturated carbocycles. The van der Waals surface area contributed by atoms with Crippen LogP contribution in [0.2, 0.25) is 0 Å². The van der Waals surface area contributed by atoms with Gasteiger partial charge in [0.15, 0.2) is 6.10 Å². The van der Waals surface area contributed by atoms with Crippen molar-refractivity contribution in [3.63, 3.8) is 0 Å². The molecule has 0 saturated heterocycles. The van der Waals surface area contributed by atoms with Gasteiger partial charge in [-0.25, -0.2) is 0 Å². The Balaban J connectivity index is 4.01. The summed E-state index contributed by atoms with van der Waals surface area (Å²) < 4.78 is 16.9. The third-order valence-electron chi connectivity index (χ3n) is 14.6. The van der Waals surface area contributed by atoms with Gasteiger partial charge < -0.3 is 14.2 Å². The van der Waals surface area contributed by atoms with Crippen molar-refractivity contribution in [2.75, 3.05) is 13.2 Å². The minimum Gasteiger partial charge on any atom is -0.462 e. The van der Waals surface area contributed by atoms with Crippen LogP contribution >= 0.6 is 0 Å². The molecule has 0 bridgehead atoms. The Morgan fingerprint density at radius 1 is 0.284 bits per heavy atom. The Labute approximate surface area is 460 Å². The molecule has 0 spiro atoms. The summed E-state index contributed by atoms with van der Waals surface area (Å²) in [6.45, 7) is 6.56. The monoisotopic (exact) mass is 1040 g/mol. The maximum atomic E-state index is 12.8. The molecule has 0 amide bonds. The number of allylic oxidation sites excluding steroid dienone is 8. The van der Waals surface area contributed by atoms with E-state index in [9.17, 15) is 14.4 Å². The Morgan fingerprint density at radius 2 is 0.527 bits per heavy atom. The number of hydrogen-bond acceptors (Lipinski definition) is 6. The van der Waals surface area contributed by atoms with Crippen molar-refractivity contribution in [3.05, 3.63) is 48.6 Å². The van der Waals surface area contributed by atoms with E-state index in [1.807, 2.05) is 0 Å². The lowest BCUT2D eigenvalue weighted by Gasteiger charge is -2.18. The third kappa shape index (κ3) is 60.2. The first-order valence-electron chi connectivity index (χ1n) is 32.6. The highest BCUT2D eigenvalue weighted by Crippen LogP contribution is 2.18. The molecule has 0 aromatic carbocycles. The second kappa shape index (κ2) is 62.9. The third-order valence-corrected chi connectivity index (χ3v) is 14.6. The average Bonchev–Trinajstić information content (AvgIpc) is 3.40. The van der Waals surface area contributed by atoms with Crippen LogP contribution in [0, 0.1) is 0 Å². The van der Waals surface area contributed by atoms with Gasteiger partial charge in [-0.15, -0.1) is 0 Å². The number of esters is 3. The molecular weight excluding hydrogens is 913 g/mol. The zero-order valence-electron chi connectivity index (χ0n) is 49.6. The van der Waals surface area contributed by atoms with E-state index in [1.54, 1.807) is 0 Å². The van der Waals surface area contributed by atoms with Gasteiger partial charge in [0.2, 0.25) is 0 Å². The van der Waals surface area contributed by atoms with Crippen LogP contribution in [0.1, 0.15) is 348 Å². The lowest BCUT2D eigenvalue weighted by molar-refractivity contribution is -0.167. The molecule has 0 rings (SSSR count). The van der Waals surface area contributed by atoms with Crippen molar-refractivity contribution in [2.24, 2.45) is 0 Å². The first kappa shape index (κ1) is 71.4. The molecule has 0 aromatic heterocycles. The van der Waals surface area contributed by atoms with E-state index < -0.39 is 6.10 Å². The Hall–Kier alpha value is -2.63. The van der Waals surface area contributed by atoms with Crippen molar-refractivity contribution in [1.82, 2.24) is 0 Å². The van der Waals surface area contributed by atoms with E-state index in [0.717, 1.165) is 83.5 Å². The predicted octanol–water partition coefficient (Wildman–Crippen LogP) is 22.2. The van der Waals surface area contributed by atoms with Crippen molar-refractivity contribution in [2.45, 2.75) is 354 Å². The quantitative estimate of drug-likeness (QED) is 0.0261. The van der Waals surface area contributed by atoms with E-state index in [1.165, 1.54) is 225 Å². The average molecular weight is 1040 g/mol. The van der Waals surface area contributed by atoms with Crippen LogP contribution in [0.5, 0.6) is 0 Å². The molecule has 432 valence electrons. The molecule has 0 heterocycles. The molecule has 0 aliphatic carbocycles. The van der Waals surface area contributed by atoms with Gasteiger partial charge in [-0.1, -0.05) is 320 Å². The Morgan fingerprint density at radius 3 is 0.824 bits per heavy atom. The highest BCUT2D eigenvalue weighted by Gasteiger charge is 2.19. The highest BCUT2D eigenvalue weighted by molar-refractivity contribution is 5.71. The maximum Gasteiger partial charge on any atom is 0.306 e. The smallest absolute Gasteiger partial charge is 0.306 e. The highest BCUT2D eigenvalue weighted by atomic mass is 16.6. The second-order valence-corrected chi connectivity index (χ2v) is 22.0. The van der Waals surface area contributed by atoms with Crippen molar-refractivity contribution in [1.29, 1.82) is 0 Å². The summed E-state index contributed by atoms with van der Waals surface area (Å²) in [5, 5.41) is 0. The van der Waals surface area contributed by atoms with Crippen molar-refractivity contribution >= 4 is 17.9 Å². The standard InChI is InChI=1S/C68H124O6/c1-4-7-10-13-16-19-22-24-25-26-27-28-29-30-31-32-33-34-35-36-37-38-39-40-41-42-43-44-47-49-52-55-58-61-67(70)73-64-65(63-72-66(69)60-57-54-51-48-45-21-18-15-12-9-6-3)74-68(71)62-59-56-53-50-46-23-20-17-14-11-8-5-2/h7,10,16,19,24-25,27-28,65H,4-6,8-9,11-15,17-18,20-23,26,29-64H2,1-3H3/b10-7-,19-16-,25-24-,28-27-. The minimum absolute atomic E-state index is 0.0653. The van der Waals surface area contributed by atoms with E-state index in [0.29, 0.717) is 19.3 Å². The predicted molar refractivity (Wildman–Crippen MR) is 321 cm³/mol. The summed E-state index contributed by atoms with van der Waals surface area (Å²) in [7, 11) is 0. The molecule has 1 unspecified atom stereocenters. The molecule has 0 fully saturated rings. The van der Waals surface area contributed by atoms with E-state index >= 15 is 0 Å². The van der Waals surface area contributed by atoms with Crippen LogP contribution in [-0.4, -0.2) is 37.2 Å². The van der Waals surface area contributed by atoms with Crippen LogP contribution in [0.25, 0.3) is 0 Å². The van der Waals surface area contributed by atoms with Crippen LogP contribution in [0.3, 0.4) is 0 Å². The van der Waals surface area contributed by atoms with Gasteiger partial charge in [0.25, 0.3) is 0 Å². The Bertz CT molecular complexity index is 1280. The first-order chi connectivity index (χ1) is 36.5. The molecule has 0 aliphatic rings. The summed E-state index contributed by atoms with van der Waals surface area (Å²) in [5.41, 5.74) is 0. The van der Waals surface area contributed by atoms with Gasteiger partial charge in [-0.3, -0.25) is 14.4 Å².